The van der Waals surface area contributed by atoms with Gasteiger partial charge < -0.3 is 5.32 Å². The van der Waals surface area contributed by atoms with Crippen LogP contribution in [0.4, 0.5) is 0 Å². The van der Waals surface area contributed by atoms with Crippen molar-refractivity contribution < 1.29 is 4.79 Å². The van der Waals surface area contributed by atoms with Crippen LogP contribution in [0.3, 0.4) is 0 Å². The van der Waals surface area contributed by atoms with Gasteiger partial charge in [0, 0.05) is 6.04 Å². The van der Waals surface area contributed by atoms with Crippen LogP contribution in [0.2, 0.25) is 0 Å². The Kier molecular flexibility index (Phi) is 4.82. The number of hydrogen-bond acceptors (Lipinski definition) is 2. The second kappa shape index (κ2) is 5.91. The highest BCUT2D eigenvalue weighted by atomic mass is 32.1. The van der Waals surface area contributed by atoms with Crippen molar-refractivity contribution in [2.24, 2.45) is 5.92 Å². The minimum Gasteiger partial charge on any atom is -0.349 e. The van der Waals surface area contributed by atoms with Gasteiger partial charge in [0.1, 0.15) is 0 Å². The smallest absolute Gasteiger partial charge is 0.261 e. The first kappa shape index (κ1) is 12.2. The molecule has 0 fully saturated rings. The Hall–Kier alpha value is -0.830. The van der Waals surface area contributed by atoms with Gasteiger partial charge in [-0.05, 0) is 37.1 Å². The summed E-state index contributed by atoms with van der Waals surface area (Å²) in [6, 6.07) is 4.02. The molecule has 1 aromatic rings. The SMILES string of the molecule is CC(C)CC[C@H](C)NC(=O)c1cccs1. The minimum atomic E-state index is 0.0567. The van der Waals surface area contributed by atoms with E-state index in [0.29, 0.717) is 5.92 Å². The Morgan fingerprint density at radius 2 is 2.13 bits per heavy atom. The summed E-state index contributed by atoms with van der Waals surface area (Å²) in [5.41, 5.74) is 0. The third-order valence-electron chi connectivity index (χ3n) is 2.30. The van der Waals surface area contributed by atoms with E-state index in [0.717, 1.165) is 17.7 Å². The van der Waals surface area contributed by atoms with E-state index in [-0.39, 0.29) is 11.9 Å². The summed E-state index contributed by atoms with van der Waals surface area (Å²) in [7, 11) is 0. The summed E-state index contributed by atoms with van der Waals surface area (Å²) < 4.78 is 0. The van der Waals surface area contributed by atoms with Crippen LogP contribution in [0.25, 0.3) is 0 Å². The molecule has 0 aliphatic rings. The summed E-state index contributed by atoms with van der Waals surface area (Å²) in [5.74, 6) is 0.757. The maximum atomic E-state index is 11.7. The van der Waals surface area contributed by atoms with Gasteiger partial charge >= 0.3 is 0 Å². The molecule has 1 rings (SSSR count). The van der Waals surface area contributed by atoms with E-state index in [4.69, 9.17) is 0 Å². The van der Waals surface area contributed by atoms with Crippen LogP contribution in [-0.2, 0) is 0 Å². The van der Waals surface area contributed by atoms with Crippen LogP contribution in [0, 0.1) is 5.92 Å². The molecule has 0 aliphatic heterocycles. The number of nitrogens with one attached hydrogen (secondary N) is 1. The van der Waals surface area contributed by atoms with Crippen molar-refractivity contribution in [3.05, 3.63) is 22.4 Å². The fourth-order valence-corrected chi connectivity index (χ4v) is 1.99. The molecular formula is C12H19NOS. The topological polar surface area (TPSA) is 29.1 Å². The molecule has 1 atom stereocenters. The maximum absolute atomic E-state index is 11.7. The molecule has 0 radical (unpaired) electrons. The predicted molar refractivity (Wildman–Crippen MR) is 65.3 cm³/mol. The largest absolute Gasteiger partial charge is 0.349 e. The molecule has 2 nitrogen and oxygen atoms in total. The first-order valence-corrected chi connectivity index (χ1v) is 6.32. The molecule has 0 bridgehead atoms. The lowest BCUT2D eigenvalue weighted by atomic mass is 10.0. The van der Waals surface area contributed by atoms with Gasteiger partial charge in [0.05, 0.1) is 4.88 Å². The van der Waals surface area contributed by atoms with E-state index in [1.54, 1.807) is 0 Å². The second-order valence-corrected chi connectivity index (χ2v) is 5.27. The number of carbonyl (C=O) groups is 1. The lowest BCUT2D eigenvalue weighted by Gasteiger charge is -2.14. The van der Waals surface area contributed by atoms with E-state index in [9.17, 15) is 4.79 Å². The van der Waals surface area contributed by atoms with Crippen LogP contribution in [0.1, 0.15) is 43.3 Å². The predicted octanol–water partition coefficient (Wildman–Crippen LogP) is 3.30. The van der Waals surface area contributed by atoms with E-state index in [1.165, 1.54) is 11.3 Å². The molecule has 1 amide bonds. The summed E-state index contributed by atoms with van der Waals surface area (Å²) in [5, 5.41) is 4.93. The van der Waals surface area contributed by atoms with Crippen molar-refractivity contribution in [1.29, 1.82) is 0 Å². The number of hydrogen-bond donors (Lipinski definition) is 1. The lowest BCUT2D eigenvalue weighted by molar-refractivity contribution is 0.0941. The summed E-state index contributed by atoms with van der Waals surface area (Å²) in [4.78, 5) is 12.5. The Morgan fingerprint density at radius 3 is 2.67 bits per heavy atom. The van der Waals surface area contributed by atoms with Gasteiger partial charge in [0.25, 0.3) is 5.91 Å². The molecule has 84 valence electrons. The molecule has 15 heavy (non-hydrogen) atoms. The average Bonchev–Trinajstić information content (AvgIpc) is 2.67. The summed E-state index contributed by atoms with van der Waals surface area (Å²) in [6.07, 6.45) is 2.21. The molecule has 3 heteroatoms. The Bertz CT molecular complexity index is 293. The van der Waals surface area contributed by atoms with E-state index in [1.807, 2.05) is 17.5 Å². The molecule has 1 aromatic heterocycles. The maximum Gasteiger partial charge on any atom is 0.261 e. The zero-order valence-electron chi connectivity index (χ0n) is 9.62. The quantitative estimate of drug-likeness (QED) is 0.818. The summed E-state index contributed by atoms with van der Waals surface area (Å²) >= 11 is 1.49. The fourth-order valence-electron chi connectivity index (χ4n) is 1.36. The molecule has 1 heterocycles. The first-order valence-electron chi connectivity index (χ1n) is 5.44. The van der Waals surface area contributed by atoms with E-state index in [2.05, 4.69) is 26.1 Å². The van der Waals surface area contributed by atoms with Crippen LogP contribution in [-0.4, -0.2) is 11.9 Å². The molecule has 0 saturated carbocycles. The Balaban J connectivity index is 2.32. The zero-order valence-corrected chi connectivity index (χ0v) is 10.4. The van der Waals surface area contributed by atoms with E-state index >= 15 is 0 Å². The average molecular weight is 225 g/mol. The van der Waals surface area contributed by atoms with Gasteiger partial charge in [-0.15, -0.1) is 11.3 Å². The highest BCUT2D eigenvalue weighted by molar-refractivity contribution is 7.12. The third kappa shape index (κ3) is 4.47. The first-order chi connectivity index (χ1) is 7.09. The van der Waals surface area contributed by atoms with Gasteiger partial charge in [-0.3, -0.25) is 4.79 Å². The van der Waals surface area contributed by atoms with Gasteiger partial charge in [-0.1, -0.05) is 19.9 Å². The highest BCUT2D eigenvalue weighted by Crippen LogP contribution is 2.10. The molecule has 0 aliphatic carbocycles. The van der Waals surface area contributed by atoms with Gasteiger partial charge in [0.15, 0.2) is 0 Å². The van der Waals surface area contributed by atoms with E-state index < -0.39 is 0 Å². The Morgan fingerprint density at radius 1 is 1.40 bits per heavy atom. The van der Waals surface area contributed by atoms with Crippen LogP contribution in [0.15, 0.2) is 17.5 Å². The Labute approximate surface area is 95.7 Å². The second-order valence-electron chi connectivity index (χ2n) is 4.32. The normalized spacial score (nSPS) is 12.8. The number of amides is 1. The molecule has 1 N–H and O–H groups in total. The van der Waals surface area contributed by atoms with Crippen LogP contribution < -0.4 is 5.32 Å². The zero-order chi connectivity index (χ0) is 11.3. The third-order valence-corrected chi connectivity index (χ3v) is 3.17. The highest BCUT2D eigenvalue weighted by Gasteiger charge is 2.10. The van der Waals surface area contributed by atoms with Crippen molar-refractivity contribution >= 4 is 17.2 Å². The summed E-state index contributed by atoms with van der Waals surface area (Å²) in [6.45, 7) is 6.47. The molecular weight excluding hydrogens is 206 g/mol. The standard InChI is InChI=1S/C12H19NOS/c1-9(2)6-7-10(3)13-12(14)11-5-4-8-15-11/h4-5,8-10H,6-7H2,1-3H3,(H,13,14)/t10-/m0/s1. The lowest BCUT2D eigenvalue weighted by Crippen LogP contribution is -2.32. The van der Waals surface area contributed by atoms with Crippen molar-refractivity contribution in [1.82, 2.24) is 5.32 Å². The molecule has 0 unspecified atom stereocenters. The van der Waals surface area contributed by atoms with Gasteiger partial charge in [-0.2, -0.15) is 0 Å². The molecule has 0 saturated heterocycles. The van der Waals surface area contributed by atoms with Crippen molar-refractivity contribution in [2.45, 2.75) is 39.7 Å². The van der Waals surface area contributed by atoms with Crippen molar-refractivity contribution in [3.8, 4) is 0 Å². The number of rotatable bonds is 5. The van der Waals surface area contributed by atoms with Crippen LogP contribution >= 0.6 is 11.3 Å². The molecule has 0 aromatic carbocycles. The monoisotopic (exact) mass is 225 g/mol. The van der Waals surface area contributed by atoms with Gasteiger partial charge in [-0.25, -0.2) is 0 Å². The fraction of sp³-hybridized carbons (Fsp3) is 0.583. The molecule has 0 spiro atoms. The minimum absolute atomic E-state index is 0.0567. The van der Waals surface area contributed by atoms with Crippen LogP contribution in [0.5, 0.6) is 0 Å². The van der Waals surface area contributed by atoms with Crippen molar-refractivity contribution in [3.63, 3.8) is 0 Å². The number of carbonyl (C=O) groups excluding carboxylic acids is 1. The number of thiophene rings is 1. The van der Waals surface area contributed by atoms with Crippen molar-refractivity contribution in [2.75, 3.05) is 0 Å². The van der Waals surface area contributed by atoms with Gasteiger partial charge in [0.2, 0.25) is 0 Å².